The maximum absolute atomic E-state index is 9.33. The predicted octanol–water partition coefficient (Wildman–Crippen LogP) is 1.18. The van der Waals surface area contributed by atoms with Crippen molar-refractivity contribution >= 4 is 0 Å². The van der Waals surface area contributed by atoms with Crippen LogP contribution in [0.15, 0.2) is 0 Å². The first-order valence-corrected chi connectivity index (χ1v) is 6.71. The van der Waals surface area contributed by atoms with Crippen molar-refractivity contribution in [1.29, 1.82) is 0 Å². The van der Waals surface area contributed by atoms with Gasteiger partial charge in [0.2, 0.25) is 0 Å². The third-order valence-electron chi connectivity index (χ3n) is 3.35. The number of ether oxygens (including phenoxy) is 2. The number of hydrogen-bond acceptors (Lipinski definition) is 4. The molecule has 0 radical (unpaired) electrons. The Morgan fingerprint density at radius 1 is 1.53 bits per heavy atom. The molecule has 17 heavy (non-hydrogen) atoms. The van der Waals surface area contributed by atoms with Crippen LogP contribution in [0.1, 0.15) is 33.1 Å². The molecule has 102 valence electrons. The Balaban J connectivity index is 2.01. The Morgan fingerprint density at radius 2 is 2.35 bits per heavy atom. The first-order chi connectivity index (χ1) is 8.20. The Kier molecular flexibility index (Phi) is 7.04. The molecule has 0 aliphatic carbocycles. The normalized spacial score (nSPS) is 23.8. The van der Waals surface area contributed by atoms with E-state index in [4.69, 9.17) is 9.47 Å². The summed E-state index contributed by atoms with van der Waals surface area (Å²) < 4.78 is 10.9. The summed E-state index contributed by atoms with van der Waals surface area (Å²) in [6, 6.07) is 0. The summed E-state index contributed by atoms with van der Waals surface area (Å²) in [5.74, 6) is 0.591. The third kappa shape index (κ3) is 5.82. The van der Waals surface area contributed by atoms with E-state index in [1.807, 2.05) is 0 Å². The van der Waals surface area contributed by atoms with Crippen LogP contribution >= 0.6 is 0 Å². The van der Waals surface area contributed by atoms with Crippen molar-refractivity contribution in [3.8, 4) is 0 Å². The number of nitrogens with one attached hydrogen (secondary N) is 1. The van der Waals surface area contributed by atoms with E-state index in [-0.39, 0.29) is 12.1 Å². The molecule has 1 aliphatic heterocycles. The van der Waals surface area contributed by atoms with E-state index in [0.717, 1.165) is 52.2 Å². The van der Waals surface area contributed by atoms with Crippen molar-refractivity contribution in [1.82, 2.24) is 5.32 Å². The largest absolute Gasteiger partial charge is 0.394 e. The van der Waals surface area contributed by atoms with E-state index in [2.05, 4.69) is 19.2 Å². The summed E-state index contributed by atoms with van der Waals surface area (Å²) >= 11 is 0. The number of aliphatic hydroxyl groups is 1. The van der Waals surface area contributed by atoms with Crippen LogP contribution in [0.25, 0.3) is 0 Å². The highest BCUT2D eigenvalue weighted by molar-refractivity contribution is 4.81. The zero-order valence-corrected chi connectivity index (χ0v) is 11.2. The smallest absolute Gasteiger partial charge is 0.0610 e. The van der Waals surface area contributed by atoms with Crippen molar-refractivity contribution in [2.24, 2.45) is 5.92 Å². The quantitative estimate of drug-likeness (QED) is 0.599. The summed E-state index contributed by atoms with van der Waals surface area (Å²) in [4.78, 5) is 0. The van der Waals surface area contributed by atoms with Gasteiger partial charge in [0.05, 0.1) is 19.8 Å². The standard InChI is InChI=1S/C13H27NO3/c1-3-14-13(2,11-15)6-4-7-16-9-12-5-8-17-10-12/h12,14-15H,3-11H2,1-2H3. The van der Waals surface area contributed by atoms with Crippen LogP contribution < -0.4 is 5.32 Å². The van der Waals surface area contributed by atoms with Crippen LogP contribution in [-0.4, -0.2) is 50.2 Å². The van der Waals surface area contributed by atoms with Crippen LogP contribution in [-0.2, 0) is 9.47 Å². The zero-order valence-electron chi connectivity index (χ0n) is 11.2. The second-order valence-corrected chi connectivity index (χ2v) is 5.16. The van der Waals surface area contributed by atoms with Crippen LogP contribution in [0, 0.1) is 5.92 Å². The fraction of sp³-hybridized carbons (Fsp3) is 1.00. The predicted molar refractivity (Wildman–Crippen MR) is 68.1 cm³/mol. The fourth-order valence-corrected chi connectivity index (χ4v) is 2.18. The van der Waals surface area contributed by atoms with Gasteiger partial charge < -0.3 is 19.9 Å². The van der Waals surface area contributed by atoms with E-state index in [1.165, 1.54) is 0 Å². The minimum atomic E-state index is -0.158. The second-order valence-electron chi connectivity index (χ2n) is 5.16. The average molecular weight is 245 g/mol. The van der Waals surface area contributed by atoms with Crippen LogP contribution in [0.4, 0.5) is 0 Å². The van der Waals surface area contributed by atoms with Crippen molar-refractivity contribution in [2.45, 2.75) is 38.6 Å². The highest BCUT2D eigenvalue weighted by atomic mass is 16.5. The van der Waals surface area contributed by atoms with Gasteiger partial charge in [-0.15, -0.1) is 0 Å². The molecule has 0 aromatic rings. The molecule has 1 rings (SSSR count). The zero-order chi connectivity index (χ0) is 12.6. The molecule has 0 aromatic carbocycles. The molecular weight excluding hydrogens is 218 g/mol. The second kappa shape index (κ2) is 8.03. The Hall–Kier alpha value is -0.160. The van der Waals surface area contributed by atoms with E-state index in [1.54, 1.807) is 0 Å². The summed E-state index contributed by atoms with van der Waals surface area (Å²) in [5, 5.41) is 12.6. The lowest BCUT2D eigenvalue weighted by atomic mass is 9.97. The molecule has 1 saturated heterocycles. The first-order valence-electron chi connectivity index (χ1n) is 6.71. The summed E-state index contributed by atoms with van der Waals surface area (Å²) in [5.41, 5.74) is -0.158. The van der Waals surface area contributed by atoms with E-state index >= 15 is 0 Å². The maximum atomic E-state index is 9.33. The molecule has 0 amide bonds. The Labute approximate surface area is 105 Å². The van der Waals surface area contributed by atoms with Gasteiger partial charge in [-0.2, -0.15) is 0 Å². The van der Waals surface area contributed by atoms with Gasteiger partial charge in [0.15, 0.2) is 0 Å². The third-order valence-corrected chi connectivity index (χ3v) is 3.35. The minimum Gasteiger partial charge on any atom is -0.394 e. The summed E-state index contributed by atoms with van der Waals surface area (Å²) in [6.45, 7) is 8.51. The highest BCUT2D eigenvalue weighted by Gasteiger charge is 2.21. The van der Waals surface area contributed by atoms with Gasteiger partial charge in [-0.25, -0.2) is 0 Å². The summed E-state index contributed by atoms with van der Waals surface area (Å²) in [6.07, 6.45) is 3.06. The lowest BCUT2D eigenvalue weighted by molar-refractivity contribution is 0.0786. The van der Waals surface area contributed by atoms with E-state index < -0.39 is 0 Å². The van der Waals surface area contributed by atoms with Crippen molar-refractivity contribution < 1.29 is 14.6 Å². The molecule has 4 heteroatoms. The molecule has 0 saturated carbocycles. The number of likely N-dealkylation sites (N-methyl/N-ethyl adjacent to an activating group) is 1. The fourth-order valence-electron chi connectivity index (χ4n) is 2.18. The van der Waals surface area contributed by atoms with Gasteiger partial charge >= 0.3 is 0 Å². The Bertz CT molecular complexity index is 195. The van der Waals surface area contributed by atoms with Crippen molar-refractivity contribution in [2.75, 3.05) is 39.6 Å². The van der Waals surface area contributed by atoms with Gasteiger partial charge in [-0.3, -0.25) is 0 Å². The molecule has 0 bridgehead atoms. The molecule has 1 fully saturated rings. The SMILES string of the molecule is CCNC(C)(CO)CCCOCC1CCOC1. The number of rotatable bonds is 9. The number of aliphatic hydroxyl groups excluding tert-OH is 1. The van der Waals surface area contributed by atoms with Gasteiger partial charge in [0, 0.05) is 24.7 Å². The molecule has 2 unspecified atom stereocenters. The molecule has 1 aliphatic rings. The molecule has 0 aromatic heterocycles. The molecule has 1 heterocycles. The van der Waals surface area contributed by atoms with Gasteiger partial charge in [-0.05, 0) is 32.7 Å². The number of hydrogen-bond donors (Lipinski definition) is 2. The molecule has 0 spiro atoms. The van der Waals surface area contributed by atoms with Gasteiger partial charge in [0.1, 0.15) is 0 Å². The lowest BCUT2D eigenvalue weighted by Gasteiger charge is -2.28. The molecule has 2 N–H and O–H groups in total. The van der Waals surface area contributed by atoms with E-state index in [0.29, 0.717) is 5.92 Å². The molecular formula is C13H27NO3. The van der Waals surface area contributed by atoms with Crippen LogP contribution in [0.3, 0.4) is 0 Å². The maximum Gasteiger partial charge on any atom is 0.0610 e. The van der Waals surface area contributed by atoms with Crippen LogP contribution in [0.2, 0.25) is 0 Å². The van der Waals surface area contributed by atoms with Gasteiger partial charge in [0.25, 0.3) is 0 Å². The minimum absolute atomic E-state index is 0.158. The molecule has 2 atom stereocenters. The highest BCUT2D eigenvalue weighted by Crippen LogP contribution is 2.14. The van der Waals surface area contributed by atoms with Crippen molar-refractivity contribution in [3.05, 3.63) is 0 Å². The van der Waals surface area contributed by atoms with E-state index in [9.17, 15) is 5.11 Å². The monoisotopic (exact) mass is 245 g/mol. The average Bonchev–Trinajstić information content (AvgIpc) is 2.82. The lowest BCUT2D eigenvalue weighted by Crippen LogP contribution is -2.45. The van der Waals surface area contributed by atoms with Crippen LogP contribution in [0.5, 0.6) is 0 Å². The molecule has 4 nitrogen and oxygen atoms in total. The van der Waals surface area contributed by atoms with Crippen molar-refractivity contribution in [3.63, 3.8) is 0 Å². The summed E-state index contributed by atoms with van der Waals surface area (Å²) in [7, 11) is 0. The topological polar surface area (TPSA) is 50.7 Å². The Morgan fingerprint density at radius 3 is 2.94 bits per heavy atom. The van der Waals surface area contributed by atoms with Gasteiger partial charge in [-0.1, -0.05) is 6.92 Å². The first kappa shape index (κ1) is 14.9.